The molecule has 2 aliphatic heterocycles. The minimum Gasteiger partial charge on any atom is -0.479 e. The van der Waals surface area contributed by atoms with Gasteiger partial charge in [0, 0.05) is 17.8 Å². The van der Waals surface area contributed by atoms with E-state index in [0.29, 0.717) is 45.1 Å². The number of aryl methyl sites for hydroxylation is 1. The van der Waals surface area contributed by atoms with Gasteiger partial charge >= 0.3 is 12.1 Å². The highest BCUT2D eigenvalue weighted by Gasteiger charge is 2.56. The molecule has 2 atom stereocenters. The number of fused-ring (bicyclic) bond motifs is 1. The first kappa shape index (κ1) is 39.3. The Morgan fingerprint density at radius 1 is 0.925 bits per heavy atom. The molecule has 0 bridgehead atoms. The molecule has 0 saturated heterocycles. The molecule has 9 nitrogen and oxygen atoms in total. The second kappa shape index (κ2) is 16.4. The fourth-order valence-electron chi connectivity index (χ4n) is 6.45. The van der Waals surface area contributed by atoms with Crippen LogP contribution >= 0.6 is 11.3 Å². The zero-order chi connectivity index (χ0) is 38.6. The first-order valence-corrected chi connectivity index (χ1v) is 18.4. The van der Waals surface area contributed by atoms with Crippen molar-refractivity contribution in [3.05, 3.63) is 116 Å². The van der Waals surface area contributed by atoms with Crippen LogP contribution < -0.4 is 10.3 Å². The van der Waals surface area contributed by atoms with Crippen molar-refractivity contribution < 1.29 is 46.8 Å². The van der Waals surface area contributed by atoms with E-state index in [4.69, 9.17) is 14.2 Å². The predicted octanol–water partition coefficient (Wildman–Crippen LogP) is 6.69. The molecule has 0 saturated carbocycles. The Balaban J connectivity index is 1.66. The smallest absolute Gasteiger partial charge is 0.418 e. The number of nitrogens with one attached hydrogen (secondary N) is 2. The maximum Gasteiger partial charge on any atom is 0.418 e. The van der Waals surface area contributed by atoms with Gasteiger partial charge in [-0.15, -0.1) is 11.3 Å². The van der Waals surface area contributed by atoms with Gasteiger partial charge in [0.1, 0.15) is 23.0 Å². The minimum absolute atomic E-state index is 0.0450. The number of carbonyl (C=O) groups excluding carboxylic acids is 3. The van der Waals surface area contributed by atoms with Gasteiger partial charge in [-0.2, -0.15) is 0 Å². The fourth-order valence-corrected chi connectivity index (χ4v) is 7.50. The summed E-state index contributed by atoms with van der Waals surface area (Å²) in [5, 5.41) is 2.75. The number of thiophene rings is 1. The largest absolute Gasteiger partial charge is 0.479 e. The van der Waals surface area contributed by atoms with E-state index in [9.17, 15) is 27.6 Å². The molecular weight excluding hydrogens is 708 g/mol. The molecule has 3 aromatic rings. The number of rotatable bonds is 12. The summed E-state index contributed by atoms with van der Waals surface area (Å²) in [4.78, 5) is 47.5. The molecule has 53 heavy (non-hydrogen) atoms. The molecule has 13 heteroatoms. The quantitative estimate of drug-likeness (QED) is 0.200. The van der Waals surface area contributed by atoms with E-state index in [1.54, 1.807) is 58.9 Å². The molecule has 5 rings (SSSR count). The van der Waals surface area contributed by atoms with E-state index in [0.717, 1.165) is 29.0 Å². The van der Waals surface area contributed by atoms with Gasteiger partial charge in [0.05, 0.1) is 29.6 Å². The van der Waals surface area contributed by atoms with Crippen molar-refractivity contribution >= 4 is 35.0 Å². The standard InChI is InChI=1S/C40H44F3N3O6S/c1-8-50-37-33-32(29-18-19-30(53-29)36(47)44-21-24-12-16-26(42)27(43)20-24)31(38(48)51-9-2)28(17-13-23-10-14-25(41)15-11-23)45-34(33)35(22(3)4)46(37)39(49)52-40(5,6)7/h10-12,14-16,18-20,22,32,35H,8-9,13,17,21H2,1-7H3,(H,44,47)/p+1. The average molecular weight is 753 g/mol. The van der Waals surface area contributed by atoms with E-state index < -0.39 is 47.2 Å². The van der Waals surface area contributed by atoms with Crippen LogP contribution in [0, 0.1) is 23.4 Å². The van der Waals surface area contributed by atoms with E-state index in [1.807, 2.05) is 13.8 Å². The van der Waals surface area contributed by atoms with Crippen LogP contribution in [0.3, 0.4) is 0 Å². The highest BCUT2D eigenvalue weighted by Crippen LogP contribution is 2.46. The van der Waals surface area contributed by atoms with Crippen molar-refractivity contribution in [3.63, 3.8) is 0 Å². The van der Waals surface area contributed by atoms with Crippen LogP contribution in [0.4, 0.5) is 18.0 Å². The third kappa shape index (κ3) is 8.84. The Morgan fingerprint density at radius 3 is 2.25 bits per heavy atom. The van der Waals surface area contributed by atoms with Crippen molar-refractivity contribution in [1.29, 1.82) is 0 Å². The van der Waals surface area contributed by atoms with E-state index in [2.05, 4.69) is 10.3 Å². The summed E-state index contributed by atoms with van der Waals surface area (Å²) < 4.78 is 58.9. The van der Waals surface area contributed by atoms with Gasteiger partial charge in [-0.1, -0.05) is 32.0 Å². The van der Waals surface area contributed by atoms with Crippen LogP contribution in [0.15, 0.2) is 77.3 Å². The first-order valence-electron chi connectivity index (χ1n) is 17.6. The van der Waals surface area contributed by atoms with Gasteiger partial charge in [-0.3, -0.25) is 4.79 Å². The topological polar surface area (TPSA) is 108 Å². The maximum absolute atomic E-state index is 14.1. The van der Waals surface area contributed by atoms with Crippen LogP contribution in [0.2, 0.25) is 0 Å². The molecule has 2 aliphatic rings. The zero-order valence-electron chi connectivity index (χ0n) is 30.9. The number of carbonyl (C=O) groups is 3. The number of nitrogens with zero attached hydrogens (tertiary/aromatic N) is 1. The van der Waals surface area contributed by atoms with Crippen molar-refractivity contribution in [3.8, 4) is 0 Å². The average Bonchev–Trinajstić information content (AvgIpc) is 3.71. The van der Waals surface area contributed by atoms with Gasteiger partial charge in [-0.05, 0) is 94.5 Å². The number of amides is 2. The lowest BCUT2D eigenvalue weighted by Crippen LogP contribution is -2.77. The van der Waals surface area contributed by atoms with Crippen molar-refractivity contribution in [2.24, 2.45) is 5.92 Å². The lowest BCUT2D eigenvalue weighted by atomic mass is 9.80. The van der Waals surface area contributed by atoms with E-state index >= 15 is 0 Å². The molecule has 2 aromatic carbocycles. The highest BCUT2D eigenvalue weighted by molar-refractivity contribution is 7.14. The van der Waals surface area contributed by atoms with Crippen LogP contribution in [0.1, 0.15) is 86.5 Å². The molecule has 3 heterocycles. The molecule has 282 valence electrons. The summed E-state index contributed by atoms with van der Waals surface area (Å²) in [6.07, 6.45) is 0.164. The summed E-state index contributed by atoms with van der Waals surface area (Å²) in [7, 11) is 0. The molecule has 0 spiro atoms. The summed E-state index contributed by atoms with van der Waals surface area (Å²) in [6, 6.07) is 12.3. The monoisotopic (exact) mass is 752 g/mol. The van der Waals surface area contributed by atoms with Gasteiger partial charge in [-0.25, -0.2) is 32.7 Å². The maximum atomic E-state index is 14.1. The molecule has 2 amide bonds. The summed E-state index contributed by atoms with van der Waals surface area (Å²) >= 11 is 1.15. The molecule has 0 aliphatic carbocycles. The van der Waals surface area contributed by atoms with Gasteiger partial charge in [0.25, 0.3) is 5.91 Å². The predicted molar refractivity (Wildman–Crippen MR) is 194 cm³/mol. The SMILES string of the molecule is CCOC(=O)C1=C(CCc2ccc(F)cc2)[NH+]=C2C(=C(OCC)N(C(=O)OC(C)(C)C)C2C(C)C)C1c1ccc(C(=O)NCc2ccc(F)c(F)c2)s1. The number of esters is 1. The number of halogens is 3. The second-order valence-corrected chi connectivity index (χ2v) is 15.2. The summed E-state index contributed by atoms with van der Waals surface area (Å²) in [5.74, 6) is -4.16. The lowest BCUT2D eigenvalue weighted by molar-refractivity contribution is -0.406. The van der Waals surface area contributed by atoms with Gasteiger partial charge < -0.3 is 19.5 Å². The summed E-state index contributed by atoms with van der Waals surface area (Å²) in [5.41, 5.74) is 2.44. The van der Waals surface area contributed by atoms with Crippen LogP contribution in [-0.2, 0) is 32.0 Å². The van der Waals surface area contributed by atoms with E-state index in [-0.39, 0.29) is 42.9 Å². The third-order valence-corrected chi connectivity index (χ3v) is 9.80. The molecule has 1 aromatic heterocycles. The minimum atomic E-state index is -1.02. The van der Waals surface area contributed by atoms with Crippen molar-refractivity contribution in [1.82, 2.24) is 10.2 Å². The molecule has 2 N–H and O–H groups in total. The number of hydrogen-bond donors (Lipinski definition) is 2. The Bertz CT molecular complexity index is 1960. The number of hydrogen-bond acceptors (Lipinski definition) is 7. The molecular formula is C40H45F3N3O6S+. The Kier molecular flexibility index (Phi) is 12.2. The normalized spacial score (nSPS) is 17.2. The fraction of sp³-hybridized carbons (Fsp3) is 0.400. The highest BCUT2D eigenvalue weighted by atomic mass is 32.1. The Hall–Kier alpha value is -4.91. The number of benzene rings is 2. The van der Waals surface area contributed by atoms with Crippen LogP contribution in [0.5, 0.6) is 0 Å². The van der Waals surface area contributed by atoms with Gasteiger partial charge in [0.2, 0.25) is 11.6 Å². The van der Waals surface area contributed by atoms with Crippen LogP contribution in [0.25, 0.3) is 0 Å². The second-order valence-electron chi connectivity index (χ2n) is 14.0. The van der Waals surface area contributed by atoms with Crippen molar-refractivity contribution in [2.45, 2.75) is 85.4 Å². The summed E-state index contributed by atoms with van der Waals surface area (Å²) in [6.45, 7) is 13.0. The van der Waals surface area contributed by atoms with E-state index in [1.165, 1.54) is 23.1 Å². The number of allylic oxidation sites excluding steroid dienone is 1. The number of ether oxygens (including phenoxy) is 3. The molecule has 0 fully saturated rings. The van der Waals surface area contributed by atoms with Gasteiger partial charge in [0.15, 0.2) is 17.3 Å². The Labute approximate surface area is 311 Å². The zero-order valence-corrected chi connectivity index (χ0v) is 31.7. The molecule has 0 radical (unpaired) electrons. The third-order valence-electron chi connectivity index (χ3n) is 8.65. The van der Waals surface area contributed by atoms with Crippen LogP contribution in [-0.4, -0.2) is 53.4 Å². The van der Waals surface area contributed by atoms with Crippen molar-refractivity contribution in [2.75, 3.05) is 13.2 Å². The molecule has 2 unspecified atom stereocenters. The lowest BCUT2D eigenvalue weighted by Gasteiger charge is -2.30. The first-order chi connectivity index (χ1) is 25.1. The Morgan fingerprint density at radius 2 is 1.62 bits per heavy atom.